The Morgan fingerprint density at radius 2 is 2.05 bits per heavy atom. The Morgan fingerprint density at radius 3 is 2.58 bits per heavy atom. The molecular weight excluding hydrogens is 266 g/mol. The van der Waals surface area contributed by atoms with E-state index in [-0.39, 0.29) is 0 Å². The number of carbonyl (C=O) groups is 1. The molecule has 0 saturated carbocycles. The van der Waals surface area contributed by atoms with Gasteiger partial charge in [-0.25, -0.2) is 0 Å². The van der Waals surface area contributed by atoms with Crippen LogP contribution in [0.1, 0.15) is 12.5 Å². The zero-order chi connectivity index (χ0) is 14.3. The van der Waals surface area contributed by atoms with E-state index < -0.39 is 12.6 Å². The summed E-state index contributed by atoms with van der Waals surface area (Å²) in [5.41, 5.74) is 4.28. The van der Waals surface area contributed by atoms with Gasteiger partial charge in [0.1, 0.15) is 12.4 Å². The maximum absolute atomic E-state index is 10.2. The molecule has 0 saturated heterocycles. The Kier molecular flexibility index (Phi) is 5.74. The van der Waals surface area contributed by atoms with Crippen LogP contribution >= 0.6 is 12.2 Å². The van der Waals surface area contributed by atoms with Crippen LogP contribution in [-0.2, 0) is 4.79 Å². The normalized spacial score (nSPS) is 10.7. The molecule has 0 aromatic heterocycles. The maximum atomic E-state index is 10.2. The lowest BCUT2D eigenvalue weighted by atomic mass is 10.1. The van der Waals surface area contributed by atoms with Crippen molar-refractivity contribution >= 4 is 29.0 Å². The highest BCUT2D eigenvalue weighted by molar-refractivity contribution is 7.80. The number of benzene rings is 1. The highest BCUT2D eigenvalue weighted by atomic mass is 32.1. The number of aliphatic carboxylic acids is 1. The van der Waals surface area contributed by atoms with E-state index in [4.69, 9.17) is 17.0 Å². The number of thiocarbonyl (C=S) groups is 1. The Balaban J connectivity index is 2.64. The lowest BCUT2D eigenvalue weighted by Gasteiger charge is -2.08. The molecule has 102 valence electrons. The van der Waals surface area contributed by atoms with Crippen molar-refractivity contribution in [2.24, 2.45) is 5.10 Å². The predicted octanol–water partition coefficient (Wildman–Crippen LogP) is -0.367. The summed E-state index contributed by atoms with van der Waals surface area (Å²) in [6, 6.07) is 6.86. The van der Waals surface area contributed by atoms with Crippen molar-refractivity contribution in [2.45, 2.75) is 6.92 Å². The third-order valence-electron chi connectivity index (χ3n) is 2.18. The lowest BCUT2D eigenvalue weighted by Crippen LogP contribution is -2.29. The molecule has 0 unspecified atom stereocenters. The van der Waals surface area contributed by atoms with Gasteiger partial charge in [-0.3, -0.25) is 5.43 Å². The zero-order valence-electron chi connectivity index (χ0n) is 10.6. The SMILES string of the molecule is CNC(=S)N/N=C(/C)c1ccc(OCC(=O)[O-])cc1. The number of hydrogen-bond donors (Lipinski definition) is 2. The number of rotatable bonds is 5. The molecule has 0 aliphatic heterocycles. The Morgan fingerprint density at radius 1 is 1.42 bits per heavy atom. The number of carboxylic acid groups (broad SMARTS) is 1. The number of nitrogens with zero attached hydrogens (tertiary/aromatic N) is 1. The zero-order valence-corrected chi connectivity index (χ0v) is 11.4. The lowest BCUT2D eigenvalue weighted by molar-refractivity contribution is -0.307. The van der Waals surface area contributed by atoms with E-state index in [2.05, 4.69) is 15.8 Å². The van der Waals surface area contributed by atoms with Crippen LogP contribution < -0.4 is 20.6 Å². The fourth-order valence-corrected chi connectivity index (χ4v) is 1.24. The van der Waals surface area contributed by atoms with Crippen molar-refractivity contribution in [2.75, 3.05) is 13.7 Å². The Hall–Kier alpha value is -2.15. The molecule has 0 fully saturated rings. The highest BCUT2D eigenvalue weighted by Gasteiger charge is 1.99. The first-order chi connectivity index (χ1) is 9.02. The average Bonchev–Trinajstić information content (AvgIpc) is 2.42. The quantitative estimate of drug-likeness (QED) is 0.435. The van der Waals surface area contributed by atoms with E-state index in [1.165, 1.54) is 0 Å². The van der Waals surface area contributed by atoms with Crippen LogP contribution in [0.5, 0.6) is 5.75 Å². The minimum absolute atomic E-state index is 0.424. The van der Waals surface area contributed by atoms with E-state index in [9.17, 15) is 9.90 Å². The third-order valence-corrected chi connectivity index (χ3v) is 2.48. The number of hydrazone groups is 1. The van der Waals surface area contributed by atoms with Crippen LogP contribution in [0.25, 0.3) is 0 Å². The van der Waals surface area contributed by atoms with E-state index in [1.54, 1.807) is 31.3 Å². The van der Waals surface area contributed by atoms with Gasteiger partial charge in [0.25, 0.3) is 0 Å². The van der Waals surface area contributed by atoms with E-state index >= 15 is 0 Å². The molecule has 0 radical (unpaired) electrons. The molecule has 0 aliphatic rings. The summed E-state index contributed by atoms with van der Waals surface area (Å²) in [6.45, 7) is 1.35. The first-order valence-corrected chi connectivity index (χ1v) is 5.89. The second-order valence-corrected chi connectivity index (χ2v) is 3.98. The van der Waals surface area contributed by atoms with Crippen LogP contribution in [0.15, 0.2) is 29.4 Å². The number of carbonyl (C=O) groups excluding carboxylic acids is 1. The summed E-state index contributed by atoms with van der Waals surface area (Å²) in [7, 11) is 1.70. The maximum Gasteiger partial charge on any atom is 0.186 e. The summed E-state index contributed by atoms with van der Waals surface area (Å²) >= 11 is 4.89. The van der Waals surface area contributed by atoms with Crippen LogP contribution in [-0.4, -0.2) is 30.4 Å². The van der Waals surface area contributed by atoms with Gasteiger partial charge in [0.05, 0.1) is 11.7 Å². The van der Waals surface area contributed by atoms with Gasteiger partial charge in [-0.05, 0) is 49.0 Å². The molecule has 1 rings (SSSR count). The van der Waals surface area contributed by atoms with E-state index in [0.29, 0.717) is 10.9 Å². The van der Waals surface area contributed by atoms with Crippen LogP contribution in [0, 0.1) is 0 Å². The fourth-order valence-electron chi connectivity index (χ4n) is 1.19. The molecule has 1 aromatic carbocycles. The molecule has 0 spiro atoms. The molecule has 19 heavy (non-hydrogen) atoms. The first kappa shape index (κ1) is 14.9. The van der Waals surface area contributed by atoms with Crippen molar-refractivity contribution < 1.29 is 14.6 Å². The minimum Gasteiger partial charge on any atom is -0.546 e. The van der Waals surface area contributed by atoms with Crippen molar-refractivity contribution in [1.82, 2.24) is 10.7 Å². The van der Waals surface area contributed by atoms with Crippen molar-refractivity contribution in [3.63, 3.8) is 0 Å². The van der Waals surface area contributed by atoms with Crippen molar-refractivity contribution in [3.05, 3.63) is 29.8 Å². The predicted molar refractivity (Wildman–Crippen MR) is 73.9 cm³/mol. The van der Waals surface area contributed by atoms with Gasteiger partial charge in [-0.2, -0.15) is 5.10 Å². The van der Waals surface area contributed by atoms with Crippen LogP contribution in [0.3, 0.4) is 0 Å². The molecule has 0 amide bonds. The highest BCUT2D eigenvalue weighted by Crippen LogP contribution is 2.12. The van der Waals surface area contributed by atoms with Crippen molar-refractivity contribution in [3.8, 4) is 5.75 Å². The topological polar surface area (TPSA) is 85.8 Å². The summed E-state index contributed by atoms with van der Waals surface area (Å²) in [5.74, 6) is -0.800. The van der Waals surface area contributed by atoms with Gasteiger partial charge in [0.2, 0.25) is 0 Å². The van der Waals surface area contributed by atoms with Gasteiger partial charge in [-0.15, -0.1) is 0 Å². The van der Waals surface area contributed by atoms with Gasteiger partial charge >= 0.3 is 0 Å². The molecule has 7 heteroatoms. The summed E-state index contributed by atoms with van der Waals surface area (Å²) in [6.07, 6.45) is 0. The summed E-state index contributed by atoms with van der Waals surface area (Å²) in [4.78, 5) is 10.2. The molecule has 0 bridgehead atoms. The molecule has 0 atom stereocenters. The second kappa shape index (κ2) is 7.32. The van der Waals surface area contributed by atoms with E-state index in [1.807, 2.05) is 6.92 Å². The molecule has 0 heterocycles. The smallest absolute Gasteiger partial charge is 0.186 e. The van der Waals surface area contributed by atoms with Gasteiger partial charge < -0.3 is 20.0 Å². The monoisotopic (exact) mass is 280 g/mol. The molecule has 1 aromatic rings. The fraction of sp³-hybridized carbons (Fsp3) is 0.250. The largest absolute Gasteiger partial charge is 0.546 e. The molecule has 6 nitrogen and oxygen atoms in total. The average molecular weight is 280 g/mol. The van der Waals surface area contributed by atoms with E-state index in [0.717, 1.165) is 11.3 Å². The van der Waals surface area contributed by atoms with Gasteiger partial charge in [0.15, 0.2) is 5.11 Å². The second-order valence-electron chi connectivity index (χ2n) is 3.57. The van der Waals surface area contributed by atoms with Crippen molar-refractivity contribution in [1.29, 1.82) is 0 Å². The molecule has 0 aliphatic carbocycles. The number of carboxylic acids is 1. The number of nitrogens with one attached hydrogen (secondary N) is 2. The third kappa shape index (κ3) is 5.35. The Bertz CT molecular complexity index is 485. The summed E-state index contributed by atoms with van der Waals surface area (Å²) in [5, 5.41) is 17.5. The number of hydrogen-bond acceptors (Lipinski definition) is 5. The summed E-state index contributed by atoms with van der Waals surface area (Å²) < 4.78 is 4.97. The molecule has 2 N–H and O–H groups in total. The number of ether oxygens (including phenoxy) is 1. The standard InChI is InChI=1S/C12H15N3O3S/c1-8(14-15-12(19)13-2)9-3-5-10(6-4-9)18-7-11(16)17/h3-6H,7H2,1-2H3,(H,16,17)(H2,13,15,19)/p-1/b14-8-. The Labute approximate surface area is 116 Å². The van der Waals surface area contributed by atoms with Gasteiger partial charge in [0, 0.05) is 7.05 Å². The van der Waals surface area contributed by atoms with Gasteiger partial charge in [-0.1, -0.05) is 0 Å². The van der Waals surface area contributed by atoms with Crippen LogP contribution in [0.4, 0.5) is 0 Å². The molecular formula is C12H14N3O3S-. The van der Waals surface area contributed by atoms with Crippen LogP contribution in [0.2, 0.25) is 0 Å². The first-order valence-electron chi connectivity index (χ1n) is 5.48. The minimum atomic E-state index is -1.26.